The van der Waals surface area contributed by atoms with Crippen LogP contribution in [-0.2, 0) is 24.3 Å². The van der Waals surface area contributed by atoms with Gasteiger partial charge < -0.3 is 10.1 Å². The number of esters is 1. The van der Waals surface area contributed by atoms with Crippen LogP contribution >= 0.6 is 0 Å². The first-order valence-electron chi connectivity index (χ1n) is 9.18. The van der Waals surface area contributed by atoms with Gasteiger partial charge in [-0.1, -0.05) is 18.2 Å². The Kier molecular flexibility index (Phi) is 7.53. The fraction of sp³-hybridized carbons (Fsp3) is 0.333. The lowest BCUT2D eigenvalue weighted by molar-refractivity contribution is -0.147. The smallest absolute Gasteiger partial charge is 0.307 e. The lowest BCUT2D eigenvalue weighted by Gasteiger charge is -2.10. The lowest BCUT2D eigenvalue weighted by atomic mass is 10.1. The highest BCUT2D eigenvalue weighted by atomic mass is 32.2. The maximum Gasteiger partial charge on any atom is 0.307 e. The zero-order valence-electron chi connectivity index (χ0n) is 17.0. The summed E-state index contributed by atoms with van der Waals surface area (Å²) in [6.45, 7) is 6.86. The van der Waals surface area contributed by atoms with E-state index in [4.69, 9.17) is 4.74 Å². The second-order valence-electron chi connectivity index (χ2n) is 6.92. The molecule has 0 aliphatic rings. The zero-order chi connectivity index (χ0) is 21.6. The summed E-state index contributed by atoms with van der Waals surface area (Å²) in [5.74, 6) is -1.12. The normalized spacial score (nSPS) is 11.2. The molecule has 2 N–H and O–H groups in total. The van der Waals surface area contributed by atoms with Crippen molar-refractivity contribution in [1.29, 1.82) is 0 Å². The summed E-state index contributed by atoms with van der Waals surface area (Å²) in [5.41, 5.74) is 4.21. The summed E-state index contributed by atoms with van der Waals surface area (Å²) in [7, 11) is -3.73. The average molecular weight is 419 g/mol. The molecule has 2 aromatic rings. The van der Waals surface area contributed by atoms with E-state index in [0.29, 0.717) is 11.3 Å². The molecule has 0 heterocycles. The summed E-state index contributed by atoms with van der Waals surface area (Å²) in [5, 5.41) is 2.65. The van der Waals surface area contributed by atoms with Gasteiger partial charge in [0.25, 0.3) is 5.91 Å². The second-order valence-corrected chi connectivity index (χ2v) is 8.66. The predicted octanol–water partition coefficient (Wildman–Crippen LogP) is 2.77. The number of rotatable bonds is 8. The van der Waals surface area contributed by atoms with Crippen LogP contribution in [-0.4, -0.2) is 33.4 Å². The van der Waals surface area contributed by atoms with E-state index in [9.17, 15) is 18.0 Å². The van der Waals surface area contributed by atoms with Gasteiger partial charge in [0, 0.05) is 12.2 Å². The number of aryl methyl sites for hydroxylation is 4. The van der Waals surface area contributed by atoms with Crippen LogP contribution in [0, 0.1) is 27.7 Å². The van der Waals surface area contributed by atoms with Crippen molar-refractivity contribution in [3.8, 4) is 0 Å². The van der Waals surface area contributed by atoms with Gasteiger partial charge in [-0.25, -0.2) is 13.1 Å². The molecule has 0 radical (unpaired) electrons. The van der Waals surface area contributed by atoms with Crippen LogP contribution in [0.4, 0.5) is 5.69 Å². The highest BCUT2D eigenvalue weighted by Gasteiger charge is 2.17. The van der Waals surface area contributed by atoms with Gasteiger partial charge in [-0.3, -0.25) is 9.59 Å². The minimum absolute atomic E-state index is 0.118. The second kappa shape index (κ2) is 9.67. The first kappa shape index (κ1) is 22.6. The molecule has 0 saturated heterocycles. The van der Waals surface area contributed by atoms with Gasteiger partial charge in [-0.05, 0) is 68.1 Å². The summed E-state index contributed by atoms with van der Waals surface area (Å²) < 4.78 is 32.1. The lowest BCUT2D eigenvalue weighted by Crippen LogP contribution is -2.28. The number of carbonyl (C=O) groups is 2. The van der Waals surface area contributed by atoms with E-state index in [0.717, 1.165) is 16.7 Å². The van der Waals surface area contributed by atoms with Gasteiger partial charge in [-0.15, -0.1) is 0 Å². The first-order valence-corrected chi connectivity index (χ1v) is 10.7. The molecule has 2 aromatic carbocycles. The van der Waals surface area contributed by atoms with Crippen LogP contribution in [0.1, 0.15) is 28.7 Å². The van der Waals surface area contributed by atoms with E-state index < -0.39 is 28.5 Å². The van der Waals surface area contributed by atoms with Crippen LogP contribution in [0.2, 0.25) is 0 Å². The highest BCUT2D eigenvalue weighted by Crippen LogP contribution is 2.16. The predicted molar refractivity (Wildman–Crippen MR) is 111 cm³/mol. The number of sulfonamides is 1. The molecular weight excluding hydrogens is 392 g/mol. The van der Waals surface area contributed by atoms with Crippen molar-refractivity contribution in [2.75, 3.05) is 18.5 Å². The molecule has 0 saturated carbocycles. The van der Waals surface area contributed by atoms with E-state index in [2.05, 4.69) is 10.0 Å². The number of hydrogen-bond acceptors (Lipinski definition) is 5. The van der Waals surface area contributed by atoms with Gasteiger partial charge in [0.05, 0.1) is 11.3 Å². The van der Waals surface area contributed by atoms with E-state index in [1.54, 1.807) is 32.0 Å². The summed E-state index contributed by atoms with van der Waals surface area (Å²) in [6.07, 6.45) is -0.180. The van der Waals surface area contributed by atoms with Crippen molar-refractivity contribution < 1.29 is 22.7 Å². The molecule has 0 aliphatic heterocycles. The molecular formula is C21H26N2O5S. The molecule has 29 heavy (non-hydrogen) atoms. The third-order valence-corrected chi connectivity index (χ3v) is 6.01. The standard InChI is InChI=1S/C21H26N2O5S/c1-14-5-6-16(3)19(11-14)29(26,27)22-10-9-21(25)28-13-20(24)23-18-8-7-15(2)17(4)12-18/h5-8,11-12,22H,9-10,13H2,1-4H3,(H,23,24). The Morgan fingerprint density at radius 3 is 2.31 bits per heavy atom. The fourth-order valence-corrected chi connectivity index (χ4v) is 3.96. The Balaban J connectivity index is 1.78. The SMILES string of the molecule is Cc1ccc(C)c(S(=O)(=O)NCCC(=O)OCC(=O)Nc2ccc(C)c(C)c2)c1. The molecule has 0 fully saturated rings. The number of amides is 1. The summed E-state index contributed by atoms with van der Waals surface area (Å²) >= 11 is 0. The van der Waals surface area contributed by atoms with Crippen molar-refractivity contribution in [3.63, 3.8) is 0 Å². The molecule has 0 aliphatic carbocycles. The molecule has 0 atom stereocenters. The summed E-state index contributed by atoms with van der Waals surface area (Å²) in [6, 6.07) is 10.6. The maximum absolute atomic E-state index is 12.4. The quantitative estimate of drug-likeness (QED) is 0.642. The van der Waals surface area contributed by atoms with Gasteiger partial charge >= 0.3 is 5.97 Å². The van der Waals surface area contributed by atoms with E-state index >= 15 is 0 Å². The fourth-order valence-electron chi connectivity index (χ4n) is 2.60. The van der Waals surface area contributed by atoms with Crippen molar-refractivity contribution >= 4 is 27.6 Å². The van der Waals surface area contributed by atoms with Gasteiger partial charge in [0.1, 0.15) is 0 Å². The van der Waals surface area contributed by atoms with Crippen molar-refractivity contribution in [3.05, 3.63) is 58.7 Å². The molecule has 156 valence electrons. The number of anilines is 1. The van der Waals surface area contributed by atoms with Crippen molar-refractivity contribution in [2.45, 2.75) is 39.0 Å². The Morgan fingerprint density at radius 1 is 0.931 bits per heavy atom. The molecule has 0 bridgehead atoms. The number of hydrogen-bond donors (Lipinski definition) is 2. The number of nitrogens with one attached hydrogen (secondary N) is 2. The minimum Gasteiger partial charge on any atom is -0.456 e. The molecule has 1 amide bonds. The van der Waals surface area contributed by atoms with Crippen LogP contribution in [0.3, 0.4) is 0 Å². The van der Waals surface area contributed by atoms with Gasteiger partial charge in [-0.2, -0.15) is 0 Å². The third kappa shape index (κ3) is 6.69. The molecule has 0 unspecified atom stereocenters. The Hall–Kier alpha value is -2.71. The van der Waals surface area contributed by atoms with Gasteiger partial charge in [0.2, 0.25) is 10.0 Å². The van der Waals surface area contributed by atoms with E-state index in [1.807, 2.05) is 32.0 Å². The summed E-state index contributed by atoms with van der Waals surface area (Å²) in [4.78, 5) is 23.9. The molecule has 2 rings (SSSR count). The number of carbonyl (C=O) groups excluding carboxylic acids is 2. The number of ether oxygens (including phenoxy) is 1. The van der Waals surface area contributed by atoms with Gasteiger partial charge in [0.15, 0.2) is 6.61 Å². The minimum atomic E-state index is -3.73. The van der Waals surface area contributed by atoms with Crippen LogP contribution in [0.15, 0.2) is 41.3 Å². The Labute approximate surface area is 171 Å². The molecule has 7 nitrogen and oxygen atoms in total. The first-order chi connectivity index (χ1) is 13.6. The van der Waals surface area contributed by atoms with Crippen molar-refractivity contribution in [1.82, 2.24) is 4.72 Å². The van der Waals surface area contributed by atoms with E-state index in [1.165, 1.54) is 0 Å². The van der Waals surface area contributed by atoms with Crippen LogP contribution in [0.5, 0.6) is 0 Å². The van der Waals surface area contributed by atoms with Crippen LogP contribution < -0.4 is 10.0 Å². The zero-order valence-corrected chi connectivity index (χ0v) is 17.9. The average Bonchev–Trinajstić information content (AvgIpc) is 2.65. The van der Waals surface area contributed by atoms with Crippen LogP contribution in [0.25, 0.3) is 0 Å². The molecule has 0 spiro atoms. The third-order valence-electron chi connectivity index (χ3n) is 4.41. The topological polar surface area (TPSA) is 102 Å². The van der Waals surface area contributed by atoms with Crippen molar-refractivity contribution in [2.24, 2.45) is 0 Å². The Bertz CT molecular complexity index is 1020. The number of benzene rings is 2. The largest absolute Gasteiger partial charge is 0.456 e. The highest BCUT2D eigenvalue weighted by molar-refractivity contribution is 7.89. The molecule has 8 heteroatoms. The maximum atomic E-state index is 12.4. The van der Waals surface area contributed by atoms with E-state index in [-0.39, 0.29) is 17.9 Å². The molecule has 0 aromatic heterocycles. The monoisotopic (exact) mass is 418 g/mol. The Morgan fingerprint density at radius 2 is 1.62 bits per heavy atom.